The summed E-state index contributed by atoms with van der Waals surface area (Å²) in [7, 11) is 0. The minimum absolute atomic E-state index is 0.0171. The molecular formula is C10H4Cl3NO2. The van der Waals surface area contributed by atoms with Crippen molar-refractivity contribution in [3.05, 3.63) is 39.0 Å². The van der Waals surface area contributed by atoms with E-state index in [9.17, 15) is 4.79 Å². The lowest BCUT2D eigenvalue weighted by molar-refractivity contribution is 0.0699. The molecule has 0 aliphatic heterocycles. The topological polar surface area (TPSA) is 50.2 Å². The van der Waals surface area contributed by atoms with Crippen LogP contribution >= 0.6 is 34.8 Å². The second-order valence-electron chi connectivity index (χ2n) is 3.08. The van der Waals surface area contributed by atoms with Gasteiger partial charge in [0.25, 0.3) is 0 Å². The summed E-state index contributed by atoms with van der Waals surface area (Å²) in [6.07, 6.45) is 1.36. The first-order valence-corrected chi connectivity index (χ1v) is 5.30. The lowest BCUT2D eigenvalue weighted by Crippen LogP contribution is -2.00. The third-order valence-electron chi connectivity index (χ3n) is 2.05. The van der Waals surface area contributed by atoms with Gasteiger partial charge in [-0.15, -0.1) is 0 Å². The maximum absolute atomic E-state index is 11.1. The lowest BCUT2D eigenvalue weighted by Gasteiger charge is -2.06. The summed E-state index contributed by atoms with van der Waals surface area (Å²) >= 11 is 17.4. The van der Waals surface area contributed by atoms with Crippen molar-refractivity contribution in [2.45, 2.75) is 0 Å². The van der Waals surface area contributed by atoms with E-state index in [2.05, 4.69) is 4.98 Å². The van der Waals surface area contributed by atoms with Gasteiger partial charge < -0.3 is 5.11 Å². The summed E-state index contributed by atoms with van der Waals surface area (Å²) in [6, 6.07) is 3.11. The first-order chi connectivity index (χ1) is 7.50. The van der Waals surface area contributed by atoms with Gasteiger partial charge in [-0.05, 0) is 12.1 Å². The SMILES string of the molecule is O=C(O)c1c(Cl)c(Cl)cc2cc(Cl)cnc12. The van der Waals surface area contributed by atoms with Crippen LogP contribution in [0.5, 0.6) is 0 Å². The van der Waals surface area contributed by atoms with Crippen LogP contribution in [-0.4, -0.2) is 16.1 Å². The number of carbonyl (C=O) groups is 1. The molecule has 6 heteroatoms. The summed E-state index contributed by atoms with van der Waals surface area (Å²) in [5.41, 5.74) is 0.159. The predicted molar refractivity (Wildman–Crippen MR) is 63.7 cm³/mol. The number of benzene rings is 1. The number of halogens is 3. The fraction of sp³-hybridized carbons (Fsp3) is 0. The zero-order valence-electron chi connectivity index (χ0n) is 7.67. The molecule has 0 unspecified atom stereocenters. The molecule has 16 heavy (non-hydrogen) atoms. The fourth-order valence-corrected chi connectivity index (χ4v) is 2.00. The minimum atomic E-state index is -1.17. The highest BCUT2D eigenvalue weighted by molar-refractivity contribution is 6.45. The summed E-state index contributed by atoms with van der Waals surface area (Å²) in [5.74, 6) is -1.17. The monoisotopic (exact) mass is 275 g/mol. The summed E-state index contributed by atoms with van der Waals surface area (Å²) in [5, 5.41) is 10.1. The molecule has 0 aliphatic rings. The maximum atomic E-state index is 11.1. The molecular weight excluding hydrogens is 272 g/mol. The Kier molecular flexibility index (Phi) is 2.93. The van der Waals surface area contributed by atoms with Crippen LogP contribution < -0.4 is 0 Å². The molecule has 0 amide bonds. The standard InChI is InChI=1S/C10H4Cl3NO2/c11-5-1-4-2-6(12)8(13)7(10(15)16)9(4)14-3-5/h1-3H,(H,15,16). The number of rotatable bonds is 1. The molecule has 0 atom stereocenters. The van der Waals surface area contributed by atoms with Gasteiger partial charge in [0.2, 0.25) is 0 Å². The van der Waals surface area contributed by atoms with Crippen LogP contribution in [0.1, 0.15) is 10.4 Å². The largest absolute Gasteiger partial charge is 0.478 e. The van der Waals surface area contributed by atoms with Gasteiger partial charge in [-0.3, -0.25) is 4.98 Å². The molecule has 0 aliphatic carbocycles. The third kappa shape index (κ3) is 1.82. The molecule has 0 radical (unpaired) electrons. The summed E-state index contributed by atoms with van der Waals surface area (Å²) in [6.45, 7) is 0. The highest BCUT2D eigenvalue weighted by atomic mass is 35.5. The second-order valence-corrected chi connectivity index (χ2v) is 4.30. The number of nitrogens with zero attached hydrogens (tertiary/aromatic N) is 1. The summed E-state index contributed by atoms with van der Waals surface area (Å²) in [4.78, 5) is 15.0. The Bertz CT molecular complexity index is 598. The predicted octanol–water partition coefficient (Wildman–Crippen LogP) is 3.89. The van der Waals surface area contributed by atoms with Crippen molar-refractivity contribution < 1.29 is 9.90 Å². The number of hydrogen-bond donors (Lipinski definition) is 1. The highest BCUT2D eigenvalue weighted by Gasteiger charge is 2.17. The van der Waals surface area contributed by atoms with Crippen molar-refractivity contribution in [1.29, 1.82) is 0 Å². The van der Waals surface area contributed by atoms with Crippen molar-refractivity contribution in [2.75, 3.05) is 0 Å². The Morgan fingerprint density at radius 1 is 1.25 bits per heavy atom. The van der Waals surface area contributed by atoms with Crippen molar-refractivity contribution in [2.24, 2.45) is 0 Å². The van der Waals surface area contributed by atoms with Gasteiger partial charge in [0.15, 0.2) is 0 Å². The van der Waals surface area contributed by atoms with Gasteiger partial charge in [-0.2, -0.15) is 0 Å². The molecule has 0 saturated carbocycles. The number of pyridine rings is 1. The Morgan fingerprint density at radius 3 is 2.56 bits per heavy atom. The molecule has 1 N–H and O–H groups in total. The maximum Gasteiger partial charge on any atom is 0.339 e. The Hall–Kier alpha value is -1.03. The van der Waals surface area contributed by atoms with E-state index in [1.165, 1.54) is 12.3 Å². The van der Waals surface area contributed by atoms with Gasteiger partial charge in [0.05, 0.1) is 20.6 Å². The van der Waals surface area contributed by atoms with Gasteiger partial charge in [0, 0.05) is 11.6 Å². The van der Waals surface area contributed by atoms with E-state index in [-0.39, 0.29) is 21.1 Å². The fourth-order valence-electron chi connectivity index (χ4n) is 1.39. The summed E-state index contributed by atoms with van der Waals surface area (Å²) < 4.78 is 0. The van der Waals surface area contributed by atoms with Crippen LogP contribution in [0.2, 0.25) is 15.1 Å². The number of aromatic nitrogens is 1. The van der Waals surface area contributed by atoms with E-state index >= 15 is 0 Å². The molecule has 0 bridgehead atoms. The van der Waals surface area contributed by atoms with Gasteiger partial charge in [-0.25, -0.2) is 4.79 Å². The van der Waals surface area contributed by atoms with Crippen LogP contribution in [0, 0.1) is 0 Å². The van der Waals surface area contributed by atoms with Crippen molar-refractivity contribution in [3.8, 4) is 0 Å². The van der Waals surface area contributed by atoms with E-state index < -0.39 is 5.97 Å². The number of aromatic carboxylic acids is 1. The van der Waals surface area contributed by atoms with Gasteiger partial charge in [-0.1, -0.05) is 34.8 Å². The zero-order valence-corrected chi connectivity index (χ0v) is 9.94. The van der Waals surface area contributed by atoms with E-state index in [0.717, 1.165) is 0 Å². The normalized spacial score (nSPS) is 10.7. The highest BCUT2D eigenvalue weighted by Crippen LogP contribution is 2.33. The van der Waals surface area contributed by atoms with Gasteiger partial charge >= 0.3 is 5.97 Å². The third-order valence-corrected chi connectivity index (χ3v) is 3.04. The molecule has 1 aromatic carbocycles. The van der Waals surface area contributed by atoms with E-state index in [0.29, 0.717) is 10.4 Å². The number of carboxylic acid groups (broad SMARTS) is 1. The molecule has 0 saturated heterocycles. The second kappa shape index (κ2) is 4.09. The molecule has 1 aromatic heterocycles. The smallest absolute Gasteiger partial charge is 0.339 e. The van der Waals surface area contributed by atoms with Crippen LogP contribution in [0.25, 0.3) is 10.9 Å². The van der Waals surface area contributed by atoms with Crippen LogP contribution in [0.15, 0.2) is 18.3 Å². The van der Waals surface area contributed by atoms with Gasteiger partial charge in [0.1, 0.15) is 5.56 Å². The lowest BCUT2D eigenvalue weighted by atomic mass is 10.1. The molecule has 82 valence electrons. The first-order valence-electron chi connectivity index (χ1n) is 4.17. The van der Waals surface area contributed by atoms with Crippen molar-refractivity contribution in [1.82, 2.24) is 4.98 Å². The Balaban J connectivity index is 2.94. The average Bonchev–Trinajstić information content (AvgIpc) is 2.19. The molecule has 1 heterocycles. The number of fused-ring (bicyclic) bond motifs is 1. The van der Waals surface area contributed by atoms with E-state index in [4.69, 9.17) is 39.9 Å². The molecule has 0 spiro atoms. The Morgan fingerprint density at radius 2 is 1.94 bits per heavy atom. The quantitative estimate of drug-likeness (QED) is 0.859. The Labute approximate surface area is 106 Å². The van der Waals surface area contributed by atoms with Crippen LogP contribution in [0.4, 0.5) is 0 Å². The molecule has 3 nitrogen and oxygen atoms in total. The van der Waals surface area contributed by atoms with E-state index in [1.54, 1.807) is 6.07 Å². The molecule has 0 fully saturated rings. The average molecular weight is 277 g/mol. The van der Waals surface area contributed by atoms with Crippen molar-refractivity contribution in [3.63, 3.8) is 0 Å². The van der Waals surface area contributed by atoms with Crippen molar-refractivity contribution >= 4 is 51.7 Å². The number of carboxylic acids is 1. The van der Waals surface area contributed by atoms with Crippen LogP contribution in [0.3, 0.4) is 0 Å². The number of hydrogen-bond acceptors (Lipinski definition) is 2. The minimum Gasteiger partial charge on any atom is -0.478 e. The van der Waals surface area contributed by atoms with E-state index in [1.807, 2.05) is 0 Å². The van der Waals surface area contributed by atoms with Crippen LogP contribution in [-0.2, 0) is 0 Å². The zero-order chi connectivity index (χ0) is 11.9. The first kappa shape index (κ1) is 11.5. The molecule has 2 aromatic rings. The molecule has 2 rings (SSSR count).